The molecule has 1 aromatic heterocycles. The van der Waals surface area contributed by atoms with Crippen molar-refractivity contribution in [1.29, 1.82) is 0 Å². The first-order valence-corrected chi connectivity index (χ1v) is 8.74. The Labute approximate surface area is 170 Å². The van der Waals surface area contributed by atoms with Crippen molar-refractivity contribution in [2.24, 2.45) is 0 Å². The van der Waals surface area contributed by atoms with Crippen molar-refractivity contribution in [2.75, 3.05) is 28.1 Å². The first kappa shape index (κ1) is 23.9. The Bertz CT molecular complexity index is 881. The fourth-order valence-corrected chi connectivity index (χ4v) is 3.50. The molecular weight excluding hydrogens is 444 g/mol. The van der Waals surface area contributed by atoms with Crippen LogP contribution in [0.4, 0.5) is 26.3 Å². The van der Waals surface area contributed by atoms with Gasteiger partial charge in [-0.15, -0.1) is 11.3 Å². The first-order chi connectivity index (χ1) is 13.9. The highest BCUT2D eigenvalue weighted by atomic mass is 32.1. The Kier molecular flexibility index (Phi) is 6.99. The van der Waals surface area contributed by atoms with Crippen LogP contribution < -0.4 is 9.47 Å². The summed E-state index contributed by atoms with van der Waals surface area (Å²) in [4.78, 5) is 15.4. The lowest BCUT2D eigenvalue weighted by Crippen LogP contribution is -2.56. The van der Waals surface area contributed by atoms with Gasteiger partial charge in [0.15, 0.2) is 11.5 Å². The summed E-state index contributed by atoms with van der Waals surface area (Å²) in [6.45, 7) is -1.31. The van der Waals surface area contributed by atoms with Crippen LogP contribution >= 0.6 is 11.3 Å². The van der Waals surface area contributed by atoms with E-state index in [-0.39, 0.29) is 28.4 Å². The molecule has 0 saturated carbocycles. The lowest BCUT2D eigenvalue weighted by Gasteiger charge is -2.34. The monoisotopic (exact) mass is 459 g/mol. The van der Waals surface area contributed by atoms with E-state index in [0.717, 1.165) is 7.11 Å². The van der Waals surface area contributed by atoms with Crippen molar-refractivity contribution in [1.82, 2.24) is 4.98 Å². The van der Waals surface area contributed by atoms with Crippen molar-refractivity contribution in [3.63, 3.8) is 0 Å². The Morgan fingerprint density at radius 2 is 1.60 bits per heavy atom. The van der Waals surface area contributed by atoms with Gasteiger partial charge in [0.2, 0.25) is 5.78 Å². The SMILES string of the molecule is COCOC(c1ncc(C(=O)c2ccc(OC)c(OC)c2)s1)(C(F)(F)F)C(F)(F)F. The van der Waals surface area contributed by atoms with Gasteiger partial charge >= 0.3 is 18.0 Å². The van der Waals surface area contributed by atoms with Crippen molar-refractivity contribution in [3.05, 3.63) is 39.8 Å². The zero-order valence-corrected chi connectivity index (χ0v) is 16.5. The molecule has 0 bridgehead atoms. The number of ether oxygens (including phenoxy) is 4. The third kappa shape index (κ3) is 4.23. The number of carbonyl (C=O) groups excluding carboxylic acids is 1. The van der Waals surface area contributed by atoms with Crippen LogP contribution in [0.1, 0.15) is 20.2 Å². The topological polar surface area (TPSA) is 66.9 Å². The van der Waals surface area contributed by atoms with Gasteiger partial charge in [-0.05, 0) is 18.2 Å². The number of ketones is 1. The standard InChI is InChI=1S/C17H15F6NO5S/c1-26-8-29-15(16(18,19)20,17(21,22)23)14-24-7-12(30-14)13(25)9-4-5-10(27-2)11(6-9)28-3/h4-7H,8H2,1-3H3. The average molecular weight is 459 g/mol. The quantitative estimate of drug-likeness (QED) is 0.333. The van der Waals surface area contributed by atoms with Gasteiger partial charge in [-0.3, -0.25) is 4.79 Å². The number of hydrogen-bond acceptors (Lipinski definition) is 7. The molecule has 13 heteroatoms. The van der Waals surface area contributed by atoms with E-state index in [0.29, 0.717) is 6.20 Å². The van der Waals surface area contributed by atoms with Crippen LogP contribution in [0.3, 0.4) is 0 Å². The van der Waals surface area contributed by atoms with E-state index in [1.54, 1.807) is 0 Å². The number of nitrogens with zero attached hydrogens (tertiary/aromatic N) is 1. The van der Waals surface area contributed by atoms with Crippen LogP contribution in [-0.2, 0) is 15.1 Å². The minimum absolute atomic E-state index is 0.0507. The van der Waals surface area contributed by atoms with Crippen LogP contribution in [0, 0.1) is 0 Å². The van der Waals surface area contributed by atoms with Gasteiger partial charge < -0.3 is 18.9 Å². The maximum absolute atomic E-state index is 13.5. The van der Waals surface area contributed by atoms with Gasteiger partial charge in [-0.25, -0.2) is 4.98 Å². The zero-order valence-electron chi connectivity index (χ0n) is 15.7. The van der Waals surface area contributed by atoms with E-state index in [2.05, 4.69) is 14.5 Å². The number of thiazole rings is 1. The smallest absolute Gasteiger partial charge is 0.433 e. The number of carbonyl (C=O) groups is 1. The second-order valence-electron chi connectivity index (χ2n) is 5.66. The molecule has 0 amide bonds. The van der Waals surface area contributed by atoms with E-state index in [1.165, 1.54) is 32.4 Å². The third-order valence-corrected chi connectivity index (χ3v) is 4.97. The molecule has 1 aromatic carbocycles. The average Bonchev–Trinajstić information content (AvgIpc) is 3.15. The number of alkyl halides is 6. The van der Waals surface area contributed by atoms with Gasteiger partial charge in [0.25, 0.3) is 0 Å². The number of rotatable bonds is 8. The highest BCUT2D eigenvalue weighted by Crippen LogP contribution is 2.53. The van der Waals surface area contributed by atoms with Crippen LogP contribution in [-0.4, -0.2) is 51.2 Å². The normalized spacial score (nSPS) is 12.7. The summed E-state index contributed by atoms with van der Waals surface area (Å²) in [5.41, 5.74) is -4.80. The van der Waals surface area contributed by atoms with Crippen LogP contribution in [0.2, 0.25) is 0 Å². The number of hydrogen-bond donors (Lipinski definition) is 0. The first-order valence-electron chi connectivity index (χ1n) is 7.92. The molecule has 0 unspecified atom stereocenters. The molecule has 0 N–H and O–H groups in total. The molecule has 30 heavy (non-hydrogen) atoms. The molecule has 0 fully saturated rings. The molecule has 1 heterocycles. The van der Waals surface area contributed by atoms with Crippen LogP contribution in [0.5, 0.6) is 11.5 Å². The minimum atomic E-state index is -5.93. The van der Waals surface area contributed by atoms with E-state index >= 15 is 0 Å². The predicted octanol–water partition coefficient (Wildman–Crippen LogP) is 4.33. The van der Waals surface area contributed by atoms with E-state index < -0.39 is 40.4 Å². The maximum atomic E-state index is 13.5. The zero-order chi connectivity index (χ0) is 22.7. The molecule has 0 radical (unpaired) electrons. The van der Waals surface area contributed by atoms with Crippen molar-refractivity contribution in [2.45, 2.75) is 18.0 Å². The van der Waals surface area contributed by atoms with Crippen LogP contribution in [0.15, 0.2) is 24.4 Å². The molecule has 0 saturated heterocycles. The van der Waals surface area contributed by atoms with Gasteiger partial charge in [0, 0.05) is 18.9 Å². The molecule has 0 aliphatic heterocycles. The highest BCUT2D eigenvalue weighted by Gasteiger charge is 2.75. The summed E-state index contributed by atoms with van der Waals surface area (Å²) >= 11 is -0.0829. The van der Waals surface area contributed by atoms with E-state index in [9.17, 15) is 31.1 Å². The van der Waals surface area contributed by atoms with Crippen LogP contribution in [0.25, 0.3) is 0 Å². The molecule has 6 nitrogen and oxygen atoms in total. The maximum Gasteiger partial charge on any atom is 0.433 e. The van der Waals surface area contributed by atoms with Crippen molar-refractivity contribution >= 4 is 17.1 Å². The second-order valence-corrected chi connectivity index (χ2v) is 6.69. The summed E-state index contributed by atoms with van der Waals surface area (Å²) in [5, 5.41) is -1.50. The third-order valence-electron chi connectivity index (χ3n) is 3.87. The highest BCUT2D eigenvalue weighted by molar-refractivity contribution is 7.14. The fourth-order valence-electron chi connectivity index (χ4n) is 2.44. The van der Waals surface area contributed by atoms with Gasteiger partial charge in [0.05, 0.1) is 19.1 Å². The van der Waals surface area contributed by atoms with Crippen molar-refractivity contribution < 1.29 is 50.1 Å². The lowest BCUT2D eigenvalue weighted by molar-refractivity contribution is -0.400. The van der Waals surface area contributed by atoms with E-state index in [1.807, 2.05) is 0 Å². The molecule has 0 spiro atoms. The number of benzene rings is 1. The molecule has 0 atom stereocenters. The molecule has 2 aromatic rings. The second kappa shape index (κ2) is 8.78. The van der Waals surface area contributed by atoms with Crippen molar-refractivity contribution in [3.8, 4) is 11.5 Å². The Morgan fingerprint density at radius 3 is 2.10 bits per heavy atom. The van der Waals surface area contributed by atoms with Gasteiger partial charge in [0.1, 0.15) is 11.8 Å². The summed E-state index contributed by atoms with van der Waals surface area (Å²) in [7, 11) is 3.51. The Hall–Kier alpha value is -2.38. The largest absolute Gasteiger partial charge is 0.493 e. The Morgan fingerprint density at radius 1 is 1.00 bits per heavy atom. The number of halogens is 6. The molecular formula is C17H15F6NO5S. The number of methoxy groups -OCH3 is 3. The summed E-state index contributed by atoms with van der Waals surface area (Å²) < 4.78 is 99.7. The molecule has 0 aliphatic carbocycles. The minimum Gasteiger partial charge on any atom is -0.493 e. The molecule has 166 valence electrons. The summed E-state index contributed by atoms with van der Waals surface area (Å²) in [6, 6.07) is 3.89. The van der Waals surface area contributed by atoms with Gasteiger partial charge in [-0.1, -0.05) is 0 Å². The fraction of sp³-hybridized carbons (Fsp3) is 0.412. The summed E-state index contributed by atoms with van der Waals surface area (Å²) in [5.74, 6) is -0.429. The predicted molar refractivity (Wildman–Crippen MR) is 91.8 cm³/mol. The van der Waals surface area contributed by atoms with E-state index in [4.69, 9.17) is 9.47 Å². The van der Waals surface area contributed by atoms with Gasteiger partial charge in [-0.2, -0.15) is 26.3 Å². The lowest BCUT2D eigenvalue weighted by atomic mass is 10.0. The molecule has 2 rings (SSSR count). The molecule has 0 aliphatic rings. The Balaban J connectivity index is 2.53. The number of aromatic nitrogens is 1. The summed E-state index contributed by atoms with van der Waals surface area (Å²) in [6.07, 6.45) is -11.2.